The van der Waals surface area contributed by atoms with E-state index in [4.69, 9.17) is 16.7 Å². The summed E-state index contributed by atoms with van der Waals surface area (Å²) in [4.78, 5) is 0.120. The molecule has 2 aromatic carbocycles. The summed E-state index contributed by atoms with van der Waals surface area (Å²) in [5.41, 5.74) is 2.20. The van der Waals surface area contributed by atoms with Crippen molar-refractivity contribution in [2.75, 3.05) is 5.32 Å². The summed E-state index contributed by atoms with van der Waals surface area (Å²) in [6, 6.07) is 10.6. The SMILES string of the molecule is Cc1ccc(NCc2ccc(Br)cc2Cl)cc1S(N)(=O)=O. The Hall–Kier alpha value is -1.08. The van der Waals surface area contributed by atoms with Crippen LogP contribution in [-0.4, -0.2) is 8.42 Å². The Morgan fingerprint density at radius 2 is 1.95 bits per heavy atom. The third-order valence-electron chi connectivity index (χ3n) is 2.99. The first-order valence-electron chi connectivity index (χ1n) is 6.08. The minimum absolute atomic E-state index is 0.120. The molecule has 2 aromatic rings. The van der Waals surface area contributed by atoms with E-state index in [-0.39, 0.29) is 4.90 Å². The number of primary sulfonamides is 1. The largest absolute Gasteiger partial charge is 0.381 e. The molecule has 0 aliphatic carbocycles. The van der Waals surface area contributed by atoms with Gasteiger partial charge in [0.25, 0.3) is 0 Å². The first-order chi connectivity index (χ1) is 9.77. The van der Waals surface area contributed by atoms with Crippen LogP contribution in [0.25, 0.3) is 0 Å². The fraction of sp³-hybridized carbons (Fsp3) is 0.143. The number of benzene rings is 2. The van der Waals surface area contributed by atoms with Gasteiger partial charge < -0.3 is 5.32 Å². The average molecular weight is 390 g/mol. The normalized spacial score (nSPS) is 11.4. The van der Waals surface area contributed by atoms with E-state index < -0.39 is 10.0 Å². The lowest BCUT2D eigenvalue weighted by Crippen LogP contribution is -2.14. The van der Waals surface area contributed by atoms with Crippen molar-refractivity contribution >= 4 is 43.2 Å². The molecule has 0 saturated heterocycles. The van der Waals surface area contributed by atoms with Gasteiger partial charge in [-0.25, -0.2) is 13.6 Å². The Kier molecular flexibility index (Phi) is 4.93. The van der Waals surface area contributed by atoms with E-state index in [1.807, 2.05) is 18.2 Å². The number of hydrogen-bond donors (Lipinski definition) is 2. The molecule has 0 saturated carbocycles. The molecule has 0 aliphatic heterocycles. The Balaban J connectivity index is 2.21. The number of nitrogens with one attached hydrogen (secondary N) is 1. The fourth-order valence-corrected chi connectivity index (χ4v) is 3.43. The van der Waals surface area contributed by atoms with E-state index in [0.29, 0.717) is 22.8 Å². The number of nitrogens with two attached hydrogens (primary N) is 1. The van der Waals surface area contributed by atoms with Crippen molar-refractivity contribution in [2.24, 2.45) is 5.14 Å². The van der Waals surface area contributed by atoms with Gasteiger partial charge in [-0.1, -0.05) is 39.7 Å². The van der Waals surface area contributed by atoms with Crippen LogP contribution < -0.4 is 10.5 Å². The Morgan fingerprint density at radius 3 is 2.57 bits per heavy atom. The minimum atomic E-state index is -3.72. The van der Waals surface area contributed by atoms with E-state index in [0.717, 1.165) is 10.0 Å². The minimum Gasteiger partial charge on any atom is -0.381 e. The molecule has 112 valence electrons. The smallest absolute Gasteiger partial charge is 0.238 e. The summed E-state index contributed by atoms with van der Waals surface area (Å²) < 4.78 is 23.9. The molecule has 0 aromatic heterocycles. The molecule has 0 spiro atoms. The Morgan fingerprint density at radius 1 is 1.24 bits per heavy atom. The predicted octanol–water partition coefficient (Wildman–Crippen LogP) is 3.67. The highest BCUT2D eigenvalue weighted by atomic mass is 79.9. The third kappa shape index (κ3) is 4.20. The molecule has 4 nitrogen and oxygen atoms in total. The van der Waals surface area contributed by atoms with Crippen molar-refractivity contribution in [1.82, 2.24) is 0 Å². The predicted molar refractivity (Wildman–Crippen MR) is 89.0 cm³/mol. The van der Waals surface area contributed by atoms with Crippen LogP contribution in [-0.2, 0) is 16.6 Å². The fourth-order valence-electron chi connectivity index (χ4n) is 1.88. The van der Waals surface area contributed by atoms with Crippen LogP contribution in [0.5, 0.6) is 0 Å². The van der Waals surface area contributed by atoms with E-state index in [1.165, 1.54) is 6.07 Å². The van der Waals surface area contributed by atoms with Crippen LogP contribution in [0.15, 0.2) is 45.8 Å². The molecular weight excluding hydrogens is 376 g/mol. The maximum absolute atomic E-state index is 11.5. The zero-order chi connectivity index (χ0) is 15.6. The number of halogens is 2. The summed E-state index contributed by atoms with van der Waals surface area (Å²) in [7, 11) is -3.72. The van der Waals surface area contributed by atoms with Crippen molar-refractivity contribution in [3.8, 4) is 0 Å². The summed E-state index contributed by atoms with van der Waals surface area (Å²) in [6.07, 6.45) is 0. The molecule has 7 heteroatoms. The first kappa shape index (κ1) is 16.3. The van der Waals surface area contributed by atoms with E-state index >= 15 is 0 Å². The standard InChI is InChI=1S/C14H14BrClN2O2S/c1-9-2-5-12(7-14(9)21(17,19)20)18-8-10-3-4-11(15)6-13(10)16/h2-7,18H,8H2,1H3,(H2,17,19,20). The summed E-state index contributed by atoms with van der Waals surface area (Å²) in [6.45, 7) is 2.19. The summed E-state index contributed by atoms with van der Waals surface area (Å²) in [5.74, 6) is 0. The molecule has 3 N–H and O–H groups in total. The molecule has 0 bridgehead atoms. The van der Waals surface area contributed by atoms with Crippen molar-refractivity contribution in [2.45, 2.75) is 18.4 Å². The highest BCUT2D eigenvalue weighted by molar-refractivity contribution is 9.10. The average Bonchev–Trinajstić information content (AvgIpc) is 2.38. The lowest BCUT2D eigenvalue weighted by molar-refractivity contribution is 0.597. The highest BCUT2D eigenvalue weighted by Gasteiger charge is 2.12. The zero-order valence-electron chi connectivity index (χ0n) is 11.2. The molecule has 0 unspecified atom stereocenters. The van der Waals surface area contributed by atoms with Gasteiger partial charge in [-0.15, -0.1) is 0 Å². The summed E-state index contributed by atoms with van der Waals surface area (Å²) >= 11 is 9.49. The zero-order valence-corrected chi connectivity index (χ0v) is 14.4. The van der Waals surface area contributed by atoms with Gasteiger partial charge in [-0.2, -0.15) is 0 Å². The number of hydrogen-bond acceptors (Lipinski definition) is 3. The lowest BCUT2D eigenvalue weighted by Gasteiger charge is -2.11. The van der Waals surface area contributed by atoms with Gasteiger partial charge >= 0.3 is 0 Å². The van der Waals surface area contributed by atoms with Gasteiger partial charge in [-0.3, -0.25) is 0 Å². The van der Waals surface area contributed by atoms with E-state index in [9.17, 15) is 8.42 Å². The van der Waals surface area contributed by atoms with Crippen LogP contribution in [0.2, 0.25) is 5.02 Å². The molecule has 21 heavy (non-hydrogen) atoms. The Bertz CT molecular complexity index is 779. The second-order valence-electron chi connectivity index (χ2n) is 4.61. The first-order valence-corrected chi connectivity index (χ1v) is 8.80. The highest BCUT2D eigenvalue weighted by Crippen LogP contribution is 2.23. The van der Waals surface area contributed by atoms with E-state index in [1.54, 1.807) is 19.1 Å². The van der Waals surface area contributed by atoms with Crippen LogP contribution in [0.1, 0.15) is 11.1 Å². The monoisotopic (exact) mass is 388 g/mol. The molecule has 0 atom stereocenters. The maximum Gasteiger partial charge on any atom is 0.238 e. The molecule has 0 radical (unpaired) electrons. The molecule has 0 aliphatic rings. The van der Waals surface area contributed by atoms with Gasteiger partial charge in [0.05, 0.1) is 4.90 Å². The number of rotatable bonds is 4. The number of anilines is 1. The second-order valence-corrected chi connectivity index (χ2v) is 7.47. The van der Waals surface area contributed by atoms with Crippen molar-refractivity contribution in [3.63, 3.8) is 0 Å². The van der Waals surface area contributed by atoms with E-state index in [2.05, 4.69) is 21.2 Å². The van der Waals surface area contributed by atoms with Crippen LogP contribution in [0, 0.1) is 6.92 Å². The van der Waals surface area contributed by atoms with Crippen molar-refractivity contribution < 1.29 is 8.42 Å². The summed E-state index contributed by atoms with van der Waals surface area (Å²) in [5, 5.41) is 8.97. The van der Waals surface area contributed by atoms with Gasteiger partial charge in [0.2, 0.25) is 10.0 Å². The molecule has 0 fully saturated rings. The number of aryl methyl sites for hydroxylation is 1. The quantitative estimate of drug-likeness (QED) is 0.838. The van der Waals surface area contributed by atoms with Gasteiger partial charge in [0, 0.05) is 21.7 Å². The lowest BCUT2D eigenvalue weighted by atomic mass is 10.2. The van der Waals surface area contributed by atoms with Crippen molar-refractivity contribution in [1.29, 1.82) is 0 Å². The van der Waals surface area contributed by atoms with Crippen LogP contribution >= 0.6 is 27.5 Å². The van der Waals surface area contributed by atoms with Crippen LogP contribution in [0.3, 0.4) is 0 Å². The van der Waals surface area contributed by atoms with Gasteiger partial charge in [0.1, 0.15) is 0 Å². The van der Waals surface area contributed by atoms with Crippen molar-refractivity contribution in [3.05, 3.63) is 57.0 Å². The third-order valence-corrected chi connectivity index (χ3v) is 4.89. The molecule has 2 rings (SSSR count). The maximum atomic E-state index is 11.5. The van der Waals surface area contributed by atoms with Gasteiger partial charge in [0.15, 0.2) is 0 Å². The van der Waals surface area contributed by atoms with Gasteiger partial charge in [-0.05, 0) is 42.3 Å². The Labute approximate surface area is 137 Å². The topological polar surface area (TPSA) is 72.2 Å². The molecule has 0 heterocycles. The molecule has 0 amide bonds. The second kappa shape index (κ2) is 6.36. The number of sulfonamides is 1. The van der Waals surface area contributed by atoms with Crippen LogP contribution in [0.4, 0.5) is 5.69 Å². The molecular formula is C14H14BrClN2O2S.